The standard InChI is InChI=1S/C5H10N3O/c1-4(2)5-6-8(3)9-7-5/h4H,3H2,1-2H3,(H,6,7)/q+1. The Hall–Kier alpha value is -1.06. The molecule has 50 valence electrons. The summed E-state index contributed by atoms with van der Waals surface area (Å²) in [6.45, 7) is 7.48. The summed E-state index contributed by atoms with van der Waals surface area (Å²) in [6, 6.07) is 0. The van der Waals surface area contributed by atoms with Crippen LogP contribution in [0.15, 0.2) is 5.10 Å². The van der Waals surface area contributed by atoms with Gasteiger partial charge in [0.25, 0.3) is 0 Å². The molecule has 0 spiro atoms. The van der Waals surface area contributed by atoms with E-state index in [1.54, 1.807) is 0 Å². The van der Waals surface area contributed by atoms with Crippen LogP contribution in [0.3, 0.4) is 0 Å². The second kappa shape index (κ2) is 2.05. The Morgan fingerprint density at radius 1 is 1.78 bits per heavy atom. The van der Waals surface area contributed by atoms with Gasteiger partial charge < -0.3 is 0 Å². The number of hydroxylamine groups is 1. The van der Waals surface area contributed by atoms with Crippen molar-refractivity contribution < 1.29 is 9.79 Å². The molecule has 0 aromatic carbocycles. The highest BCUT2D eigenvalue weighted by Crippen LogP contribution is 1.98. The minimum atomic E-state index is 0.358. The molecule has 0 amide bonds. The fourth-order valence-corrected chi connectivity index (χ4v) is 0.494. The van der Waals surface area contributed by atoms with E-state index in [0.29, 0.717) is 5.92 Å². The van der Waals surface area contributed by atoms with Crippen LogP contribution in [0.4, 0.5) is 0 Å². The Bertz CT molecular complexity index is 162. The number of hydrogen-bond donors (Lipinski definition) is 1. The highest BCUT2D eigenvalue weighted by atomic mass is 16.8. The third kappa shape index (κ3) is 1.19. The average molecular weight is 128 g/mol. The molecule has 0 fully saturated rings. The first-order valence-electron chi connectivity index (χ1n) is 2.82. The van der Waals surface area contributed by atoms with Crippen LogP contribution in [0.1, 0.15) is 13.8 Å². The predicted molar refractivity (Wildman–Crippen MR) is 33.9 cm³/mol. The lowest BCUT2D eigenvalue weighted by molar-refractivity contribution is -0.788. The van der Waals surface area contributed by atoms with Crippen molar-refractivity contribution in [3.63, 3.8) is 0 Å². The molecule has 4 nitrogen and oxygen atoms in total. The molecule has 0 aromatic heterocycles. The summed E-state index contributed by atoms with van der Waals surface area (Å²) in [6.07, 6.45) is 0. The maximum absolute atomic E-state index is 4.70. The molecule has 1 aliphatic heterocycles. The molecule has 4 heteroatoms. The molecular weight excluding hydrogens is 118 g/mol. The van der Waals surface area contributed by atoms with Gasteiger partial charge in [-0.05, 0) is 0 Å². The quantitative estimate of drug-likeness (QED) is 0.509. The van der Waals surface area contributed by atoms with Gasteiger partial charge in [0.15, 0.2) is 0 Å². The molecule has 1 rings (SSSR count). The molecule has 1 heterocycles. The number of hydrogen-bond acceptors (Lipinski definition) is 3. The SMILES string of the molecule is C=[N+]1N=C(C(C)C)NO1. The van der Waals surface area contributed by atoms with Crippen molar-refractivity contribution in [1.82, 2.24) is 5.48 Å². The lowest BCUT2D eigenvalue weighted by Gasteiger charge is -1.94. The van der Waals surface area contributed by atoms with Crippen molar-refractivity contribution in [3.8, 4) is 0 Å². The van der Waals surface area contributed by atoms with Gasteiger partial charge >= 0.3 is 0 Å². The third-order valence-corrected chi connectivity index (χ3v) is 1.02. The van der Waals surface area contributed by atoms with Gasteiger partial charge in [0.05, 0.1) is 5.10 Å². The van der Waals surface area contributed by atoms with E-state index < -0.39 is 0 Å². The molecule has 0 unspecified atom stereocenters. The first kappa shape index (κ1) is 6.07. The second-order valence-corrected chi connectivity index (χ2v) is 2.19. The highest BCUT2D eigenvalue weighted by molar-refractivity contribution is 5.82. The molecule has 0 aromatic rings. The maximum Gasteiger partial charge on any atom is 0.222 e. The zero-order valence-electron chi connectivity index (χ0n) is 5.59. The smallest absolute Gasteiger partial charge is 0.136 e. The van der Waals surface area contributed by atoms with Crippen molar-refractivity contribution in [3.05, 3.63) is 0 Å². The van der Waals surface area contributed by atoms with E-state index in [-0.39, 0.29) is 0 Å². The maximum atomic E-state index is 4.70. The Morgan fingerprint density at radius 2 is 2.44 bits per heavy atom. The molecule has 1 N–H and O–H groups in total. The van der Waals surface area contributed by atoms with Crippen molar-refractivity contribution in [2.45, 2.75) is 13.8 Å². The highest BCUT2D eigenvalue weighted by Gasteiger charge is 2.19. The molecular formula is C5H10N3O+. The van der Waals surface area contributed by atoms with Gasteiger partial charge in [0, 0.05) is 5.92 Å². The fraction of sp³-hybridized carbons (Fsp3) is 0.600. The van der Waals surface area contributed by atoms with Crippen LogP contribution in [0.5, 0.6) is 0 Å². The van der Waals surface area contributed by atoms with E-state index in [1.807, 2.05) is 13.8 Å². The Labute approximate surface area is 53.7 Å². The van der Waals surface area contributed by atoms with Gasteiger partial charge in [0.2, 0.25) is 12.6 Å². The molecule has 1 aliphatic rings. The van der Waals surface area contributed by atoms with Crippen LogP contribution in [-0.4, -0.2) is 17.4 Å². The third-order valence-electron chi connectivity index (χ3n) is 1.02. The predicted octanol–water partition coefficient (Wildman–Crippen LogP) is 0.119. The van der Waals surface area contributed by atoms with Gasteiger partial charge in [-0.25, -0.2) is 0 Å². The van der Waals surface area contributed by atoms with E-state index in [9.17, 15) is 0 Å². The van der Waals surface area contributed by atoms with Crippen LogP contribution in [0.2, 0.25) is 0 Å². The van der Waals surface area contributed by atoms with Gasteiger partial charge in [-0.2, -0.15) is 0 Å². The minimum Gasteiger partial charge on any atom is -0.136 e. The zero-order chi connectivity index (χ0) is 6.85. The summed E-state index contributed by atoms with van der Waals surface area (Å²) in [7, 11) is 0. The molecule has 0 bridgehead atoms. The van der Waals surface area contributed by atoms with Crippen LogP contribution in [-0.2, 0) is 4.94 Å². The van der Waals surface area contributed by atoms with Crippen molar-refractivity contribution >= 4 is 12.6 Å². The summed E-state index contributed by atoms with van der Waals surface area (Å²) in [5, 5.41) is 3.89. The topological polar surface area (TPSA) is 36.6 Å². The normalized spacial score (nSPS) is 17.2. The monoisotopic (exact) mass is 128 g/mol. The summed E-state index contributed by atoms with van der Waals surface area (Å²) in [5.74, 6) is 1.17. The van der Waals surface area contributed by atoms with Gasteiger partial charge in [-0.15, -0.1) is 10.4 Å². The van der Waals surface area contributed by atoms with Crippen molar-refractivity contribution in [1.29, 1.82) is 0 Å². The first-order valence-corrected chi connectivity index (χ1v) is 2.82. The number of rotatable bonds is 1. The van der Waals surface area contributed by atoms with Gasteiger partial charge in [-0.3, -0.25) is 0 Å². The largest absolute Gasteiger partial charge is 0.222 e. The van der Waals surface area contributed by atoms with E-state index in [1.165, 1.54) is 0 Å². The Balaban J connectivity index is 2.62. The van der Waals surface area contributed by atoms with Crippen molar-refractivity contribution in [2.24, 2.45) is 11.0 Å². The number of nitrogens with one attached hydrogen (secondary N) is 1. The molecule has 0 saturated carbocycles. The van der Waals surface area contributed by atoms with Crippen molar-refractivity contribution in [2.75, 3.05) is 0 Å². The van der Waals surface area contributed by atoms with Gasteiger partial charge in [0.1, 0.15) is 4.85 Å². The summed E-state index contributed by atoms with van der Waals surface area (Å²) >= 11 is 0. The number of hydrazone groups is 1. The average Bonchev–Trinajstić information content (AvgIpc) is 2.14. The summed E-state index contributed by atoms with van der Waals surface area (Å²) in [4.78, 5) is 5.84. The minimum absolute atomic E-state index is 0.358. The van der Waals surface area contributed by atoms with Gasteiger partial charge in [-0.1, -0.05) is 13.8 Å². The second-order valence-electron chi connectivity index (χ2n) is 2.19. The zero-order valence-corrected chi connectivity index (χ0v) is 5.59. The lowest BCUT2D eigenvalue weighted by Crippen LogP contribution is -2.22. The van der Waals surface area contributed by atoms with Crippen LogP contribution < -0.4 is 5.48 Å². The van der Waals surface area contributed by atoms with E-state index in [4.69, 9.17) is 4.94 Å². The molecule has 0 aliphatic carbocycles. The Morgan fingerprint density at radius 3 is 2.67 bits per heavy atom. The van der Waals surface area contributed by atoms with E-state index >= 15 is 0 Å². The van der Waals surface area contributed by atoms with Crippen LogP contribution in [0, 0.1) is 5.92 Å². The Kier molecular flexibility index (Phi) is 1.38. The molecule has 0 atom stereocenters. The van der Waals surface area contributed by atoms with E-state index in [2.05, 4.69) is 17.3 Å². The number of amidine groups is 1. The summed E-state index contributed by atoms with van der Waals surface area (Å²) in [5.41, 5.74) is 2.62. The lowest BCUT2D eigenvalue weighted by atomic mass is 10.2. The summed E-state index contributed by atoms with van der Waals surface area (Å²) < 4.78 is 0. The fourth-order valence-electron chi connectivity index (χ4n) is 0.494. The van der Waals surface area contributed by atoms with E-state index in [0.717, 1.165) is 10.7 Å². The van der Waals surface area contributed by atoms with Crippen LogP contribution >= 0.6 is 0 Å². The first-order chi connectivity index (χ1) is 4.20. The molecule has 9 heavy (non-hydrogen) atoms. The molecule has 0 radical (unpaired) electrons. The molecule has 0 saturated heterocycles. The van der Waals surface area contributed by atoms with Crippen LogP contribution in [0.25, 0.3) is 0 Å². The number of nitrogens with zero attached hydrogens (tertiary/aromatic N) is 2.